The Hall–Kier alpha value is -1.51. The number of fused-ring (bicyclic) bond motifs is 1. The molecule has 1 heterocycles. The minimum atomic E-state index is 0.157. The van der Waals surface area contributed by atoms with Gasteiger partial charge in [-0.25, -0.2) is 0 Å². The van der Waals surface area contributed by atoms with Crippen LogP contribution in [0, 0.1) is 6.92 Å². The fraction of sp³-hybridized carbons (Fsp3) is 0.250. The van der Waals surface area contributed by atoms with Gasteiger partial charge in [-0.2, -0.15) is 0 Å². The lowest BCUT2D eigenvalue weighted by atomic mass is 9.99. The molecule has 0 bridgehead atoms. The Bertz CT molecular complexity index is 597. The highest BCUT2D eigenvalue weighted by atomic mass is 35.5. The second-order valence-corrected chi connectivity index (χ2v) is 5.30. The quantitative estimate of drug-likeness (QED) is 0.879. The molecule has 3 rings (SSSR count). The summed E-state index contributed by atoms with van der Waals surface area (Å²) in [6.45, 7) is 3.42. The van der Waals surface area contributed by atoms with Gasteiger partial charge in [0.25, 0.3) is 0 Å². The van der Waals surface area contributed by atoms with Crippen LogP contribution in [0.5, 0.6) is 0 Å². The summed E-state index contributed by atoms with van der Waals surface area (Å²) in [5.74, 6) is 0. The highest BCUT2D eigenvalue weighted by Gasteiger charge is 2.20. The molecule has 19 heavy (non-hydrogen) atoms. The van der Waals surface area contributed by atoms with Crippen molar-refractivity contribution < 1.29 is 4.74 Å². The van der Waals surface area contributed by atoms with Gasteiger partial charge in [-0.1, -0.05) is 41.9 Å². The fourth-order valence-electron chi connectivity index (χ4n) is 2.44. The van der Waals surface area contributed by atoms with Crippen LogP contribution in [0.2, 0.25) is 5.02 Å². The largest absolute Gasteiger partial charge is 0.375 e. The van der Waals surface area contributed by atoms with Crippen LogP contribution in [0.15, 0.2) is 42.5 Å². The SMILES string of the molecule is Cc1ccc(Cl)c(NC2COCc3ccccc32)c1. The van der Waals surface area contributed by atoms with Crippen molar-refractivity contribution in [2.45, 2.75) is 19.6 Å². The maximum absolute atomic E-state index is 6.24. The Balaban J connectivity index is 1.90. The van der Waals surface area contributed by atoms with E-state index < -0.39 is 0 Å². The monoisotopic (exact) mass is 273 g/mol. The van der Waals surface area contributed by atoms with E-state index in [-0.39, 0.29) is 6.04 Å². The number of anilines is 1. The molecule has 2 nitrogen and oxygen atoms in total. The van der Waals surface area contributed by atoms with Gasteiger partial charge in [-0.3, -0.25) is 0 Å². The molecule has 0 saturated carbocycles. The summed E-state index contributed by atoms with van der Waals surface area (Å²) in [5.41, 5.74) is 4.70. The smallest absolute Gasteiger partial charge is 0.0751 e. The summed E-state index contributed by atoms with van der Waals surface area (Å²) in [7, 11) is 0. The number of halogens is 1. The second kappa shape index (κ2) is 5.24. The first-order chi connectivity index (χ1) is 9.24. The maximum atomic E-state index is 6.24. The van der Waals surface area contributed by atoms with Gasteiger partial charge in [-0.05, 0) is 35.7 Å². The third kappa shape index (κ3) is 2.60. The van der Waals surface area contributed by atoms with Gasteiger partial charge in [0.05, 0.1) is 30.0 Å². The molecule has 0 radical (unpaired) electrons. The summed E-state index contributed by atoms with van der Waals surface area (Å²) < 4.78 is 5.65. The van der Waals surface area contributed by atoms with Gasteiger partial charge < -0.3 is 10.1 Å². The zero-order valence-corrected chi connectivity index (χ0v) is 11.6. The molecule has 1 N–H and O–H groups in total. The van der Waals surface area contributed by atoms with E-state index in [9.17, 15) is 0 Å². The molecule has 1 atom stereocenters. The van der Waals surface area contributed by atoms with E-state index in [0.29, 0.717) is 13.2 Å². The first-order valence-corrected chi connectivity index (χ1v) is 6.80. The third-order valence-corrected chi connectivity index (χ3v) is 3.75. The maximum Gasteiger partial charge on any atom is 0.0751 e. The van der Waals surface area contributed by atoms with Gasteiger partial charge in [0.2, 0.25) is 0 Å². The summed E-state index contributed by atoms with van der Waals surface area (Å²) in [5, 5.41) is 4.23. The summed E-state index contributed by atoms with van der Waals surface area (Å²) >= 11 is 6.24. The Morgan fingerprint density at radius 2 is 2.05 bits per heavy atom. The summed E-state index contributed by atoms with van der Waals surface area (Å²) in [6, 6.07) is 14.5. The van der Waals surface area contributed by atoms with Gasteiger partial charge in [0, 0.05) is 0 Å². The minimum absolute atomic E-state index is 0.157. The molecule has 1 aliphatic heterocycles. The normalized spacial score (nSPS) is 17.9. The number of rotatable bonds is 2. The topological polar surface area (TPSA) is 21.3 Å². The van der Waals surface area contributed by atoms with Gasteiger partial charge >= 0.3 is 0 Å². The minimum Gasteiger partial charge on any atom is -0.375 e. The van der Waals surface area contributed by atoms with Crippen LogP contribution in [0.4, 0.5) is 5.69 Å². The van der Waals surface area contributed by atoms with E-state index in [4.69, 9.17) is 16.3 Å². The molecule has 1 unspecified atom stereocenters. The molecule has 0 aliphatic carbocycles. The molecule has 3 heteroatoms. The molecule has 0 aromatic heterocycles. The predicted molar refractivity (Wildman–Crippen MR) is 78.7 cm³/mol. The fourth-order valence-corrected chi connectivity index (χ4v) is 2.61. The number of aryl methyl sites for hydroxylation is 1. The van der Waals surface area contributed by atoms with Crippen molar-refractivity contribution in [3.05, 3.63) is 64.2 Å². The number of hydrogen-bond donors (Lipinski definition) is 1. The molecule has 2 aromatic carbocycles. The van der Waals surface area contributed by atoms with E-state index in [0.717, 1.165) is 10.7 Å². The molecule has 98 valence electrons. The highest BCUT2D eigenvalue weighted by Crippen LogP contribution is 2.31. The van der Waals surface area contributed by atoms with E-state index in [1.54, 1.807) is 0 Å². The van der Waals surface area contributed by atoms with Crippen molar-refractivity contribution in [3.63, 3.8) is 0 Å². The molecule has 1 aliphatic rings. The Morgan fingerprint density at radius 3 is 2.95 bits per heavy atom. The number of benzene rings is 2. The van der Waals surface area contributed by atoms with Crippen LogP contribution in [-0.4, -0.2) is 6.61 Å². The zero-order chi connectivity index (χ0) is 13.2. The molecule has 0 spiro atoms. The van der Waals surface area contributed by atoms with Crippen molar-refractivity contribution in [2.24, 2.45) is 0 Å². The van der Waals surface area contributed by atoms with E-state index >= 15 is 0 Å². The summed E-state index contributed by atoms with van der Waals surface area (Å²) in [6.07, 6.45) is 0. The Kier molecular flexibility index (Phi) is 3.45. The molecular weight excluding hydrogens is 258 g/mol. The van der Waals surface area contributed by atoms with Gasteiger partial charge in [0.1, 0.15) is 0 Å². The van der Waals surface area contributed by atoms with Crippen molar-refractivity contribution in [2.75, 3.05) is 11.9 Å². The first-order valence-electron chi connectivity index (χ1n) is 6.42. The Morgan fingerprint density at radius 1 is 1.21 bits per heavy atom. The average molecular weight is 274 g/mol. The number of ether oxygens (including phenoxy) is 1. The van der Waals surface area contributed by atoms with E-state index in [1.165, 1.54) is 16.7 Å². The van der Waals surface area contributed by atoms with Crippen molar-refractivity contribution in [1.29, 1.82) is 0 Å². The van der Waals surface area contributed by atoms with Crippen LogP contribution < -0.4 is 5.32 Å². The van der Waals surface area contributed by atoms with Crippen LogP contribution >= 0.6 is 11.6 Å². The summed E-state index contributed by atoms with van der Waals surface area (Å²) in [4.78, 5) is 0. The number of hydrogen-bond acceptors (Lipinski definition) is 2. The second-order valence-electron chi connectivity index (χ2n) is 4.89. The Labute approximate surface area is 118 Å². The van der Waals surface area contributed by atoms with Crippen LogP contribution in [0.1, 0.15) is 22.7 Å². The van der Waals surface area contributed by atoms with E-state index in [2.05, 4.69) is 36.5 Å². The first kappa shape index (κ1) is 12.5. The lowest BCUT2D eigenvalue weighted by Gasteiger charge is -2.27. The predicted octanol–water partition coefficient (Wildman–Crippen LogP) is 4.33. The lowest BCUT2D eigenvalue weighted by Crippen LogP contribution is -2.23. The third-order valence-electron chi connectivity index (χ3n) is 3.42. The zero-order valence-electron chi connectivity index (χ0n) is 10.8. The van der Waals surface area contributed by atoms with Gasteiger partial charge in [-0.15, -0.1) is 0 Å². The standard InChI is InChI=1S/C16H16ClNO/c1-11-6-7-14(17)15(8-11)18-16-10-19-9-12-4-2-3-5-13(12)16/h2-8,16,18H,9-10H2,1H3. The molecule has 0 saturated heterocycles. The average Bonchev–Trinajstić information content (AvgIpc) is 2.43. The molecular formula is C16H16ClNO. The van der Waals surface area contributed by atoms with Gasteiger partial charge in [0.15, 0.2) is 0 Å². The van der Waals surface area contributed by atoms with Crippen LogP contribution in [-0.2, 0) is 11.3 Å². The highest BCUT2D eigenvalue weighted by molar-refractivity contribution is 6.33. The van der Waals surface area contributed by atoms with Crippen LogP contribution in [0.25, 0.3) is 0 Å². The van der Waals surface area contributed by atoms with Crippen molar-refractivity contribution in [3.8, 4) is 0 Å². The molecule has 2 aromatic rings. The van der Waals surface area contributed by atoms with Crippen molar-refractivity contribution >= 4 is 17.3 Å². The van der Waals surface area contributed by atoms with E-state index in [1.807, 2.05) is 18.2 Å². The molecule has 0 fully saturated rings. The lowest BCUT2D eigenvalue weighted by molar-refractivity contribution is 0.0970. The van der Waals surface area contributed by atoms with Crippen LogP contribution in [0.3, 0.4) is 0 Å². The molecule has 0 amide bonds. The number of nitrogens with one attached hydrogen (secondary N) is 1. The van der Waals surface area contributed by atoms with Crippen molar-refractivity contribution in [1.82, 2.24) is 0 Å².